The van der Waals surface area contributed by atoms with Gasteiger partial charge >= 0.3 is 0 Å². The molecule has 1 aliphatic rings. The van der Waals surface area contributed by atoms with E-state index in [0.29, 0.717) is 12.1 Å². The Bertz CT molecular complexity index is 150. The van der Waals surface area contributed by atoms with Crippen LogP contribution in [-0.4, -0.2) is 35.7 Å². The van der Waals surface area contributed by atoms with Crippen LogP contribution in [0.2, 0.25) is 0 Å². The molecule has 0 amide bonds. The minimum atomic E-state index is 0.275. The number of hydrogen-bond donors (Lipinski definition) is 0. The highest BCUT2D eigenvalue weighted by Gasteiger charge is 2.32. The van der Waals surface area contributed by atoms with Crippen molar-refractivity contribution in [1.82, 2.24) is 4.90 Å². The van der Waals surface area contributed by atoms with Gasteiger partial charge in [0.05, 0.1) is 12.7 Å². The van der Waals surface area contributed by atoms with Crippen molar-refractivity contribution in [3.63, 3.8) is 0 Å². The molecule has 0 saturated carbocycles. The Labute approximate surface area is 75.9 Å². The molecule has 1 fully saturated rings. The van der Waals surface area contributed by atoms with E-state index in [2.05, 4.69) is 39.5 Å². The zero-order valence-corrected chi connectivity index (χ0v) is 8.92. The van der Waals surface area contributed by atoms with Gasteiger partial charge in [-0.05, 0) is 34.6 Å². The van der Waals surface area contributed by atoms with Gasteiger partial charge in [0, 0.05) is 18.1 Å². The first-order valence-electron chi connectivity index (χ1n) is 4.81. The smallest absolute Gasteiger partial charge is 0.0700 e. The lowest BCUT2D eigenvalue weighted by Gasteiger charge is -2.45. The fraction of sp³-hybridized carbons (Fsp3) is 1.00. The molecule has 0 N–H and O–H groups in total. The van der Waals surface area contributed by atoms with Gasteiger partial charge in [0.1, 0.15) is 0 Å². The van der Waals surface area contributed by atoms with Crippen LogP contribution in [0.25, 0.3) is 0 Å². The van der Waals surface area contributed by atoms with E-state index in [4.69, 9.17) is 4.74 Å². The SMILES string of the molecule is C[C@@H]1OCCN(C(C)(C)C)[C@@H]1C. The summed E-state index contributed by atoms with van der Waals surface area (Å²) in [5.74, 6) is 0. The Balaban J connectivity index is 2.64. The lowest BCUT2D eigenvalue weighted by atomic mass is 10.00. The van der Waals surface area contributed by atoms with Crippen molar-refractivity contribution in [3.8, 4) is 0 Å². The van der Waals surface area contributed by atoms with Crippen LogP contribution >= 0.6 is 0 Å². The summed E-state index contributed by atoms with van der Waals surface area (Å²) in [7, 11) is 0. The third-order valence-corrected chi connectivity index (χ3v) is 2.75. The summed E-state index contributed by atoms with van der Waals surface area (Å²) in [6, 6.07) is 0.541. The Hall–Kier alpha value is -0.0800. The lowest BCUT2D eigenvalue weighted by molar-refractivity contribution is -0.0870. The average molecular weight is 171 g/mol. The maximum Gasteiger partial charge on any atom is 0.0700 e. The molecule has 0 aromatic heterocycles. The second-order valence-electron chi connectivity index (χ2n) is 4.68. The van der Waals surface area contributed by atoms with Crippen molar-refractivity contribution in [2.45, 2.75) is 52.3 Å². The van der Waals surface area contributed by atoms with Crippen molar-refractivity contribution < 1.29 is 4.74 Å². The third kappa shape index (κ3) is 1.99. The molecule has 0 aromatic rings. The summed E-state index contributed by atoms with van der Waals surface area (Å²) in [6.45, 7) is 13.1. The molecule has 2 atom stereocenters. The highest BCUT2D eigenvalue weighted by Crippen LogP contribution is 2.22. The predicted molar refractivity (Wildman–Crippen MR) is 51.3 cm³/mol. The van der Waals surface area contributed by atoms with E-state index in [-0.39, 0.29) is 5.54 Å². The van der Waals surface area contributed by atoms with Crippen molar-refractivity contribution in [3.05, 3.63) is 0 Å². The van der Waals surface area contributed by atoms with E-state index in [1.54, 1.807) is 0 Å². The predicted octanol–water partition coefficient (Wildman–Crippen LogP) is 1.89. The molecular formula is C10H21NO. The van der Waals surface area contributed by atoms with Gasteiger partial charge in [-0.1, -0.05) is 0 Å². The van der Waals surface area contributed by atoms with E-state index in [0.717, 1.165) is 13.2 Å². The van der Waals surface area contributed by atoms with Crippen LogP contribution in [0.4, 0.5) is 0 Å². The quantitative estimate of drug-likeness (QED) is 0.552. The number of ether oxygens (including phenoxy) is 1. The Morgan fingerprint density at radius 1 is 1.25 bits per heavy atom. The van der Waals surface area contributed by atoms with Crippen LogP contribution in [-0.2, 0) is 4.74 Å². The molecule has 0 aromatic carbocycles. The molecule has 0 radical (unpaired) electrons. The Morgan fingerprint density at radius 2 is 1.83 bits per heavy atom. The summed E-state index contributed by atoms with van der Waals surface area (Å²) >= 11 is 0. The van der Waals surface area contributed by atoms with Crippen LogP contribution in [0.15, 0.2) is 0 Å². The Morgan fingerprint density at radius 3 is 2.25 bits per heavy atom. The lowest BCUT2D eigenvalue weighted by Crippen LogP contribution is -2.56. The maximum absolute atomic E-state index is 5.57. The zero-order valence-electron chi connectivity index (χ0n) is 8.92. The van der Waals surface area contributed by atoms with Gasteiger partial charge in [-0.25, -0.2) is 0 Å². The zero-order chi connectivity index (χ0) is 9.35. The molecule has 0 unspecified atom stereocenters. The highest BCUT2D eigenvalue weighted by molar-refractivity contribution is 4.86. The molecule has 0 bridgehead atoms. The molecular weight excluding hydrogens is 150 g/mol. The van der Waals surface area contributed by atoms with E-state index in [1.807, 2.05) is 0 Å². The highest BCUT2D eigenvalue weighted by atomic mass is 16.5. The summed E-state index contributed by atoms with van der Waals surface area (Å²) < 4.78 is 5.57. The normalized spacial score (nSPS) is 33.8. The van der Waals surface area contributed by atoms with Crippen molar-refractivity contribution in [2.75, 3.05) is 13.2 Å². The molecule has 0 spiro atoms. The van der Waals surface area contributed by atoms with E-state index in [1.165, 1.54) is 0 Å². The topological polar surface area (TPSA) is 12.5 Å². The molecule has 0 aliphatic carbocycles. The van der Waals surface area contributed by atoms with Crippen LogP contribution in [0.5, 0.6) is 0 Å². The second kappa shape index (κ2) is 3.35. The van der Waals surface area contributed by atoms with Crippen LogP contribution in [0, 0.1) is 0 Å². The van der Waals surface area contributed by atoms with E-state index < -0.39 is 0 Å². The monoisotopic (exact) mass is 171 g/mol. The summed E-state index contributed by atoms with van der Waals surface area (Å²) in [6.07, 6.45) is 0.373. The molecule has 72 valence electrons. The second-order valence-corrected chi connectivity index (χ2v) is 4.68. The van der Waals surface area contributed by atoms with Gasteiger partial charge in [0.15, 0.2) is 0 Å². The fourth-order valence-electron chi connectivity index (χ4n) is 1.88. The average Bonchev–Trinajstić information content (AvgIpc) is 1.92. The van der Waals surface area contributed by atoms with Crippen molar-refractivity contribution in [2.24, 2.45) is 0 Å². The third-order valence-electron chi connectivity index (χ3n) is 2.75. The summed E-state index contributed by atoms with van der Waals surface area (Å²) in [5.41, 5.74) is 0.275. The largest absolute Gasteiger partial charge is 0.376 e. The number of morpholine rings is 1. The van der Waals surface area contributed by atoms with Gasteiger partial charge in [-0.3, -0.25) is 4.90 Å². The fourth-order valence-corrected chi connectivity index (χ4v) is 1.88. The minimum absolute atomic E-state index is 0.275. The molecule has 1 rings (SSSR count). The minimum Gasteiger partial charge on any atom is -0.376 e. The van der Waals surface area contributed by atoms with Gasteiger partial charge in [0.2, 0.25) is 0 Å². The van der Waals surface area contributed by atoms with E-state index in [9.17, 15) is 0 Å². The van der Waals surface area contributed by atoms with Crippen LogP contribution in [0.1, 0.15) is 34.6 Å². The van der Waals surface area contributed by atoms with Crippen LogP contribution in [0.3, 0.4) is 0 Å². The van der Waals surface area contributed by atoms with Crippen molar-refractivity contribution in [1.29, 1.82) is 0 Å². The first-order chi connectivity index (χ1) is 5.43. The molecule has 1 heterocycles. The van der Waals surface area contributed by atoms with Gasteiger partial charge in [-0.15, -0.1) is 0 Å². The van der Waals surface area contributed by atoms with Gasteiger partial charge in [0.25, 0.3) is 0 Å². The first-order valence-corrected chi connectivity index (χ1v) is 4.81. The Kier molecular flexibility index (Phi) is 2.79. The molecule has 1 aliphatic heterocycles. The standard InChI is InChI=1S/C10H21NO/c1-8-9(2)12-7-6-11(8)10(3,4)5/h8-9H,6-7H2,1-5H3/t8-,9+/m1/s1. The maximum atomic E-state index is 5.57. The summed E-state index contributed by atoms with van der Waals surface area (Å²) in [5, 5.41) is 0. The van der Waals surface area contributed by atoms with Crippen LogP contribution < -0.4 is 0 Å². The first kappa shape index (κ1) is 10.0. The van der Waals surface area contributed by atoms with E-state index >= 15 is 0 Å². The molecule has 12 heavy (non-hydrogen) atoms. The molecule has 2 heteroatoms. The molecule has 1 saturated heterocycles. The summed E-state index contributed by atoms with van der Waals surface area (Å²) in [4.78, 5) is 2.52. The van der Waals surface area contributed by atoms with Gasteiger partial charge in [-0.2, -0.15) is 0 Å². The van der Waals surface area contributed by atoms with Gasteiger partial charge < -0.3 is 4.74 Å². The van der Waals surface area contributed by atoms with Crippen molar-refractivity contribution >= 4 is 0 Å². The number of hydrogen-bond acceptors (Lipinski definition) is 2. The molecule has 2 nitrogen and oxygen atoms in total. The number of rotatable bonds is 0. The number of nitrogens with zero attached hydrogens (tertiary/aromatic N) is 1.